The molecule has 0 unspecified atom stereocenters. The lowest BCUT2D eigenvalue weighted by Crippen LogP contribution is -2.13. The molecule has 1 aromatic heterocycles. The standard InChI is InChI=1S/C20H14N2O2S/c21-14-15(13-17-9-6-12-25-17)20(23)22-18-10-4-5-11-19(18)24-16-7-2-1-3-8-16/h1-13H,(H,22,23). The van der Waals surface area contributed by atoms with Gasteiger partial charge in [0.05, 0.1) is 5.69 Å². The molecule has 3 rings (SSSR count). The van der Waals surface area contributed by atoms with Crippen LogP contribution in [0.1, 0.15) is 4.88 Å². The molecular weight excluding hydrogens is 332 g/mol. The molecular formula is C20H14N2O2S. The zero-order valence-corrected chi connectivity index (χ0v) is 14.0. The molecule has 1 heterocycles. The van der Waals surface area contributed by atoms with Crippen molar-refractivity contribution in [1.82, 2.24) is 0 Å². The Kier molecular flexibility index (Phi) is 5.25. The molecule has 0 radical (unpaired) electrons. The number of benzene rings is 2. The largest absolute Gasteiger partial charge is 0.455 e. The molecule has 0 bridgehead atoms. The summed E-state index contributed by atoms with van der Waals surface area (Å²) in [6.07, 6.45) is 1.57. The van der Waals surface area contributed by atoms with E-state index in [0.717, 1.165) is 4.88 Å². The number of nitrogens with one attached hydrogen (secondary N) is 1. The lowest BCUT2D eigenvalue weighted by molar-refractivity contribution is -0.112. The third-order valence-electron chi connectivity index (χ3n) is 3.30. The van der Waals surface area contributed by atoms with E-state index in [0.29, 0.717) is 17.2 Å². The molecule has 25 heavy (non-hydrogen) atoms. The fourth-order valence-electron chi connectivity index (χ4n) is 2.13. The van der Waals surface area contributed by atoms with Gasteiger partial charge in [0.25, 0.3) is 5.91 Å². The Balaban J connectivity index is 1.81. The van der Waals surface area contributed by atoms with Crippen molar-refractivity contribution >= 4 is 29.0 Å². The van der Waals surface area contributed by atoms with Crippen LogP contribution in [0.15, 0.2) is 77.7 Å². The van der Waals surface area contributed by atoms with Crippen LogP contribution in [-0.4, -0.2) is 5.91 Å². The second-order valence-electron chi connectivity index (χ2n) is 5.05. The number of thiophene rings is 1. The van der Waals surface area contributed by atoms with Crippen LogP contribution >= 0.6 is 11.3 Å². The van der Waals surface area contributed by atoms with Crippen LogP contribution in [-0.2, 0) is 4.79 Å². The van der Waals surface area contributed by atoms with Gasteiger partial charge in [-0.3, -0.25) is 4.79 Å². The van der Waals surface area contributed by atoms with Crippen molar-refractivity contribution in [3.8, 4) is 17.6 Å². The maximum atomic E-state index is 12.4. The Morgan fingerprint density at radius 2 is 1.80 bits per heavy atom. The smallest absolute Gasteiger partial charge is 0.266 e. The van der Waals surface area contributed by atoms with Crippen molar-refractivity contribution < 1.29 is 9.53 Å². The van der Waals surface area contributed by atoms with Gasteiger partial charge in [-0.05, 0) is 41.8 Å². The minimum Gasteiger partial charge on any atom is -0.455 e. The number of para-hydroxylation sites is 3. The zero-order chi connectivity index (χ0) is 17.5. The quantitative estimate of drug-likeness (QED) is 0.517. The first kappa shape index (κ1) is 16.5. The average Bonchev–Trinajstić information content (AvgIpc) is 3.15. The predicted molar refractivity (Wildman–Crippen MR) is 99.5 cm³/mol. The first-order valence-corrected chi connectivity index (χ1v) is 8.43. The summed E-state index contributed by atoms with van der Waals surface area (Å²) >= 11 is 1.46. The molecule has 0 saturated carbocycles. The number of hydrogen-bond donors (Lipinski definition) is 1. The second kappa shape index (κ2) is 7.95. The van der Waals surface area contributed by atoms with E-state index in [1.807, 2.05) is 60.0 Å². The Morgan fingerprint density at radius 3 is 2.52 bits per heavy atom. The van der Waals surface area contributed by atoms with Crippen LogP contribution in [0.5, 0.6) is 11.5 Å². The van der Waals surface area contributed by atoms with Gasteiger partial charge in [0.1, 0.15) is 17.4 Å². The van der Waals surface area contributed by atoms with Gasteiger partial charge in [0, 0.05) is 4.88 Å². The lowest BCUT2D eigenvalue weighted by atomic mass is 10.2. The van der Waals surface area contributed by atoms with E-state index in [1.54, 1.807) is 24.3 Å². The third kappa shape index (κ3) is 4.34. The summed E-state index contributed by atoms with van der Waals surface area (Å²) in [5.74, 6) is 0.703. The van der Waals surface area contributed by atoms with Gasteiger partial charge in [-0.25, -0.2) is 0 Å². The second-order valence-corrected chi connectivity index (χ2v) is 6.03. The third-order valence-corrected chi connectivity index (χ3v) is 4.12. The van der Waals surface area contributed by atoms with Crippen LogP contribution in [0.25, 0.3) is 6.08 Å². The van der Waals surface area contributed by atoms with Gasteiger partial charge in [-0.15, -0.1) is 11.3 Å². The molecule has 4 nitrogen and oxygen atoms in total. The monoisotopic (exact) mass is 346 g/mol. The molecule has 0 spiro atoms. The number of anilines is 1. The minimum absolute atomic E-state index is 0.0389. The average molecular weight is 346 g/mol. The van der Waals surface area contributed by atoms with E-state index in [-0.39, 0.29) is 5.57 Å². The van der Waals surface area contributed by atoms with Gasteiger partial charge >= 0.3 is 0 Å². The fraction of sp³-hybridized carbons (Fsp3) is 0. The van der Waals surface area contributed by atoms with Crippen LogP contribution < -0.4 is 10.1 Å². The predicted octanol–water partition coefficient (Wildman–Crippen LogP) is 5.09. The summed E-state index contributed by atoms with van der Waals surface area (Å²) in [4.78, 5) is 13.3. The maximum Gasteiger partial charge on any atom is 0.266 e. The first-order chi connectivity index (χ1) is 12.3. The Labute approximate surface area is 149 Å². The highest BCUT2D eigenvalue weighted by molar-refractivity contribution is 7.10. The van der Waals surface area contributed by atoms with Crippen molar-refractivity contribution in [3.05, 3.63) is 82.6 Å². The van der Waals surface area contributed by atoms with E-state index in [2.05, 4.69) is 5.32 Å². The molecule has 0 aliphatic carbocycles. The molecule has 5 heteroatoms. The molecule has 0 aliphatic heterocycles. The van der Waals surface area contributed by atoms with Crippen molar-refractivity contribution in [2.45, 2.75) is 0 Å². The van der Waals surface area contributed by atoms with E-state index in [4.69, 9.17) is 4.74 Å². The number of nitrogens with zero attached hydrogens (tertiary/aromatic N) is 1. The number of rotatable bonds is 5. The summed E-state index contributed by atoms with van der Waals surface area (Å²) < 4.78 is 5.81. The SMILES string of the molecule is N#CC(=Cc1cccs1)C(=O)Nc1ccccc1Oc1ccccc1. The molecule has 3 aromatic rings. The van der Waals surface area contributed by atoms with Crippen LogP contribution in [0.3, 0.4) is 0 Å². The van der Waals surface area contributed by atoms with Crippen molar-refractivity contribution in [2.24, 2.45) is 0 Å². The van der Waals surface area contributed by atoms with Gasteiger partial charge < -0.3 is 10.1 Å². The Hall–Kier alpha value is -3.36. The minimum atomic E-state index is -0.472. The van der Waals surface area contributed by atoms with Crippen LogP contribution in [0.4, 0.5) is 5.69 Å². The summed E-state index contributed by atoms with van der Waals surface area (Å²) in [5.41, 5.74) is 0.542. The molecule has 1 amide bonds. The molecule has 2 aromatic carbocycles. The highest BCUT2D eigenvalue weighted by Gasteiger charge is 2.13. The number of ether oxygens (including phenoxy) is 1. The van der Waals surface area contributed by atoms with Gasteiger partial charge in [0.2, 0.25) is 0 Å². The topological polar surface area (TPSA) is 62.1 Å². The van der Waals surface area contributed by atoms with Crippen LogP contribution in [0, 0.1) is 11.3 Å². The number of carbonyl (C=O) groups is 1. The molecule has 1 N–H and O–H groups in total. The Morgan fingerprint density at radius 1 is 1.04 bits per heavy atom. The van der Waals surface area contributed by atoms with Crippen LogP contribution in [0.2, 0.25) is 0 Å². The molecule has 0 aliphatic rings. The van der Waals surface area contributed by atoms with Crippen molar-refractivity contribution in [1.29, 1.82) is 5.26 Å². The summed E-state index contributed by atoms with van der Waals surface area (Å²) in [6, 6.07) is 22.1. The van der Waals surface area contributed by atoms with Gasteiger partial charge in [-0.2, -0.15) is 5.26 Å². The molecule has 0 fully saturated rings. The van der Waals surface area contributed by atoms with E-state index < -0.39 is 5.91 Å². The molecule has 122 valence electrons. The van der Waals surface area contributed by atoms with Gasteiger partial charge in [0.15, 0.2) is 5.75 Å². The normalized spacial score (nSPS) is 10.8. The van der Waals surface area contributed by atoms with Gasteiger partial charge in [-0.1, -0.05) is 36.4 Å². The fourth-order valence-corrected chi connectivity index (χ4v) is 2.79. The van der Waals surface area contributed by atoms with Crippen molar-refractivity contribution in [3.63, 3.8) is 0 Å². The van der Waals surface area contributed by atoms with E-state index in [9.17, 15) is 10.1 Å². The van der Waals surface area contributed by atoms with E-state index >= 15 is 0 Å². The highest BCUT2D eigenvalue weighted by atomic mass is 32.1. The first-order valence-electron chi connectivity index (χ1n) is 7.55. The van der Waals surface area contributed by atoms with Crippen molar-refractivity contribution in [2.75, 3.05) is 5.32 Å². The van der Waals surface area contributed by atoms with E-state index in [1.165, 1.54) is 11.3 Å². The number of hydrogen-bond acceptors (Lipinski definition) is 4. The lowest BCUT2D eigenvalue weighted by Gasteiger charge is -2.11. The number of amides is 1. The summed E-state index contributed by atoms with van der Waals surface area (Å²) in [7, 11) is 0. The molecule has 0 saturated heterocycles. The highest BCUT2D eigenvalue weighted by Crippen LogP contribution is 2.29. The number of nitriles is 1. The Bertz CT molecular complexity index is 926. The maximum absolute atomic E-state index is 12.4. The zero-order valence-electron chi connectivity index (χ0n) is 13.2. The number of carbonyl (C=O) groups excluding carboxylic acids is 1. The molecule has 0 atom stereocenters. The summed E-state index contributed by atoms with van der Waals surface area (Å²) in [5, 5.41) is 13.9. The summed E-state index contributed by atoms with van der Waals surface area (Å²) in [6.45, 7) is 0.